The van der Waals surface area contributed by atoms with Crippen LogP contribution in [0.2, 0.25) is 0 Å². The molecule has 112 valence electrons. The van der Waals surface area contributed by atoms with Crippen molar-refractivity contribution in [2.24, 2.45) is 17.8 Å². The molecule has 0 aromatic carbocycles. The van der Waals surface area contributed by atoms with Crippen LogP contribution in [0.3, 0.4) is 0 Å². The van der Waals surface area contributed by atoms with Crippen molar-refractivity contribution in [3.8, 4) is 6.01 Å². The summed E-state index contributed by atoms with van der Waals surface area (Å²) < 4.78 is 5.35. The van der Waals surface area contributed by atoms with Crippen LogP contribution in [0.4, 0.5) is 0 Å². The van der Waals surface area contributed by atoms with Gasteiger partial charge in [0.25, 0.3) is 5.91 Å². The first-order valence-corrected chi connectivity index (χ1v) is 7.92. The van der Waals surface area contributed by atoms with E-state index in [9.17, 15) is 4.79 Å². The highest BCUT2D eigenvalue weighted by Crippen LogP contribution is 2.55. The van der Waals surface area contributed by atoms with Gasteiger partial charge in [-0.15, -0.1) is 0 Å². The van der Waals surface area contributed by atoms with Gasteiger partial charge in [-0.05, 0) is 62.3 Å². The maximum Gasteiger partial charge on any atom is 0.316 e. The van der Waals surface area contributed by atoms with Gasteiger partial charge in [-0.25, -0.2) is 9.97 Å². The molecule has 5 rings (SSSR count). The van der Waals surface area contributed by atoms with Crippen LogP contribution in [0.1, 0.15) is 38.5 Å². The summed E-state index contributed by atoms with van der Waals surface area (Å²) in [7, 11) is 0. The van der Waals surface area contributed by atoms with Crippen molar-refractivity contribution < 1.29 is 9.53 Å². The van der Waals surface area contributed by atoms with Crippen LogP contribution < -0.4 is 10.1 Å². The van der Waals surface area contributed by atoms with E-state index >= 15 is 0 Å². The highest BCUT2D eigenvalue weighted by molar-refractivity contribution is 5.78. The smallest absolute Gasteiger partial charge is 0.316 e. The Morgan fingerprint density at radius 1 is 1.14 bits per heavy atom. The Bertz CT molecular complexity index is 496. The maximum absolute atomic E-state index is 12.2. The van der Waals surface area contributed by atoms with Gasteiger partial charge in [-0.2, -0.15) is 0 Å². The summed E-state index contributed by atoms with van der Waals surface area (Å²) in [6, 6.07) is 1.99. The predicted octanol–water partition coefficient (Wildman–Crippen LogP) is 1.94. The third kappa shape index (κ3) is 2.61. The molecule has 1 N–H and O–H groups in total. The standard InChI is InChI=1S/C16H21N3O2/c20-14(10-21-15-17-2-1-3-18-15)19-16-7-11-4-12(8-16)6-13(5-11)9-16/h1-3,11-13H,4-10H2,(H,19,20). The SMILES string of the molecule is O=C(COc1ncccn1)NC12CC3CC(CC(C3)C1)C2. The summed E-state index contributed by atoms with van der Waals surface area (Å²) in [5.41, 5.74) is 0.0484. The number of nitrogens with zero attached hydrogens (tertiary/aromatic N) is 2. The predicted molar refractivity (Wildman–Crippen MR) is 76.6 cm³/mol. The lowest BCUT2D eigenvalue weighted by atomic mass is 9.53. The average molecular weight is 287 g/mol. The number of ether oxygens (including phenoxy) is 1. The Balaban J connectivity index is 1.36. The highest BCUT2D eigenvalue weighted by Gasteiger charge is 2.51. The average Bonchev–Trinajstić information content (AvgIpc) is 2.44. The third-order valence-electron chi connectivity index (χ3n) is 5.32. The van der Waals surface area contributed by atoms with E-state index in [0.717, 1.165) is 37.0 Å². The van der Waals surface area contributed by atoms with E-state index in [1.165, 1.54) is 19.3 Å². The molecule has 0 unspecified atom stereocenters. The molecule has 4 bridgehead atoms. The van der Waals surface area contributed by atoms with E-state index < -0.39 is 0 Å². The summed E-state index contributed by atoms with van der Waals surface area (Å²) in [5.74, 6) is 2.45. The molecule has 4 aliphatic carbocycles. The number of aromatic nitrogens is 2. The second-order valence-corrected chi connectivity index (χ2v) is 7.07. The maximum atomic E-state index is 12.2. The number of nitrogens with one attached hydrogen (secondary N) is 1. The fraction of sp³-hybridized carbons (Fsp3) is 0.688. The van der Waals surface area contributed by atoms with Crippen molar-refractivity contribution in [3.63, 3.8) is 0 Å². The lowest BCUT2D eigenvalue weighted by molar-refractivity contribution is -0.129. The van der Waals surface area contributed by atoms with Crippen molar-refractivity contribution in [2.75, 3.05) is 6.61 Å². The van der Waals surface area contributed by atoms with E-state index in [1.54, 1.807) is 18.5 Å². The highest BCUT2D eigenvalue weighted by atomic mass is 16.5. The van der Waals surface area contributed by atoms with Gasteiger partial charge in [-0.1, -0.05) is 0 Å². The molecule has 4 fully saturated rings. The molecule has 1 heterocycles. The minimum atomic E-state index is -0.0376. The zero-order valence-corrected chi connectivity index (χ0v) is 12.1. The topological polar surface area (TPSA) is 64.1 Å². The first kappa shape index (κ1) is 13.0. The molecule has 1 amide bonds. The minimum absolute atomic E-state index is 0.00572. The fourth-order valence-corrected chi connectivity index (χ4v) is 5.09. The molecule has 0 atom stereocenters. The van der Waals surface area contributed by atoms with Crippen molar-refractivity contribution in [1.29, 1.82) is 0 Å². The van der Waals surface area contributed by atoms with Crippen molar-refractivity contribution in [2.45, 2.75) is 44.1 Å². The van der Waals surface area contributed by atoms with Gasteiger partial charge in [0.1, 0.15) is 0 Å². The second kappa shape index (κ2) is 4.97. The lowest BCUT2D eigenvalue weighted by Gasteiger charge is -2.56. The zero-order chi connectivity index (χ0) is 14.3. The van der Waals surface area contributed by atoms with Crippen LogP contribution in [0.25, 0.3) is 0 Å². The first-order chi connectivity index (χ1) is 10.2. The van der Waals surface area contributed by atoms with Gasteiger partial charge in [-0.3, -0.25) is 4.79 Å². The summed E-state index contributed by atoms with van der Waals surface area (Å²) in [6.07, 6.45) is 10.8. The van der Waals surface area contributed by atoms with Crippen molar-refractivity contribution in [1.82, 2.24) is 15.3 Å². The van der Waals surface area contributed by atoms with Crippen molar-refractivity contribution in [3.05, 3.63) is 18.5 Å². The Morgan fingerprint density at radius 3 is 2.29 bits per heavy atom. The number of carbonyl (C=O) groups is 1. The molecule has 5 heteroatoms. The first-order valence-electron chi connectivity index (χ1n) is 7.92. The Kier molecular flexibility index (Phi) is 3.08. The Hall–Kier alpha value is -1.65. The fourth-order valence-electron chi connectivity index (χ4n) is 5.09. The number of carbonyl (C=O) groups excluding carboxylic acids is 1. The number of hydrogen-bond donors (Lipinski definition) is 1. The molecular weight excluding hydrogens is 266 g/mol. The van der Waals surface area contributed by atoms with Gasteiger partial charge in [0.2, 0.25) is 0 Å². The monoisotopic (exact) mass is 287 g/mol. The zero-order valence-electron chi connectivity index (χ0n) is 12.1. The van der Waals surface area contributed by atoms with Gasteiger partial charge < -0.3 is 10.1 Å². The van der Waals surface area contributed by atoms with Gasteiger partial charge in [0.05, 0.1) is 0 Å². The van der Waals surface area contributed by atoms with Gasteiger partial charge in [0, 0.05) is 17.9 Å². The Labute approximate surface area is 124 Å². The molecule has 0 radical (unpaired) electrons. The summed E-state index contributed by atoms with van der Waals surface area (Å²) in [4.78, 5) is 20.1. The van der Waals surface area contributed by atoms with E-state index in [2.05, 4.69) is 15.3 Å². The van der Waals surface area contributed by atoms with Crippen LogP contribution in [0.5, 0.6) is 6.01 Å². The van der Waals surface area contributed by atoms with Crippen molar-refractivity contribution >= 4 is 5.91 Å². The van der Waals surface area contributed by atoms with E-state index in [-0.39, 0.29) is 24.1 Å². The minimum Gasteiger partial charge on any atom is -0.453 e. The quantitative estimate of drug-likeness (QED) is 0.919. The van der Waals surface area contributed by atoms with E-state index in [4.69, 9.17) is 4.74 Å². The molecule has 0 saturated heterocycles. The summed E-state index contributed by atoms with van der Waals surface area (Å²) >= 11 is 0. The number of hydrogen-bond acceptors (Lipinski definition) is 4. The van der Waals surface area contributed by atoms with Crippen LogP contribution in [-0.4, -0.2) is 28.0 Å². The molecule has 21 heavy (non-hydrogen) atoms. The van der Waals surface area contributed by atoms with E-state index in [0.29, 0.717) is 0 Å². The molecular formula is C16H21N3O2. The molecule has 1 aromatic rings. The molecule has 0 aliphatic heterocycles. The largest absolute Gasteiger partial charge is 0.453 e. The molecule has 0 spiro atoms. The van der Waals surface area contributed by atoms with Crippen LogP contribution in [0.15, 0.2) is 18.5 Å². The van der Waals surface area contributed by atoms with Gasteiger partial charge >= 0.3 is 6.01 Å². The third-order valence-corrected chi connectivity index (χ3v) is 5.32. The second-order valence-electron chi connectivity index (χ2n) is 7.07. The van der Waals surface area contributed by atoms with Crippen LogP contribution in [0, 0.1) is 17.8 Å². The van der Waals surface area contributed by atoms with Crippen LogP contribution >= 0.6 is 0 Å². The molecule has 4 aliphatic rings. The normalized spacial score (nSPS) is 36.5. The lowest BCUT2D eigenvalue weighted by Crippen LogP contribution is -2.60. The molecule has 5 nitrogen and oxygen atoms in total. The molecule has 1 aromatic heterocycles. The number of amides is 1. The number of rotatable bonds is 4. The van der Waals surface area contributed by atoms with E-state index in [1.807, 2.05) is 0 Å². The Morgan fingerprint density at radius 2 is 1.71 bits per heavy atom. The molecule has 4 saturated carbocycles. The van der Waals surface area contributed by atoms with Gasteiger partial charge in [0.15, 0.2) is 6.61 Å². The summed E-state index contributed by atoms with van der Waals surface area (Å²) in [5, 5.41) is 3.28. The summed E-state index contributed by atoms with van der Waals surface area (Å²) in [6.45, 7) is 0.00572. The van der Waals surface area contributed by atoms with Crippen LogP contribution in [-0.2, 0) is 4.79 Å².